The number of urea groups is 1. The Morgan fingerprint density at radius 1 is 1.27 bits per heavy atom. The second kappa shape index (κ2) is 4.34. The predicted octanol–water partition coefficient (Wildman–Crippen LogP) is 1.77. The van der Waals surface area contributed by atoms with Crippen molar-refractivity contribution in [1.82, 2.24) is 10.2 Å². The molecule has 1 N–H and O–H groups in total. The molecule has 1 aromatic carbocycles. The van der Waals surface area contributed by atoms with Crippen LogP contribution in [0.15, 0.2) is 24.3 Å². The molecule has 3 heteroatoms. The molecule has 0 aliphatic carbocycles. The van der Waals surface area contributed by atoms with Gasteiger partial charge in [-0.15, -0.1) is 0 Å². The van der Waals surface area contributed by atoms with Crippen molar-refractivity contribution in [3.05, 3.63) is 35.4 Å². The van der Waals surface area contributed by atoms with E-state index in [0.717, 1.165) is 26.1 Å². The minimum Gasteiger partial charge on any atom is -0.336 e. The highest BCUT2D eigenvalue weighted by Crippen LogP contribution is 2.09. The molecule has 0 aromatic heterocycles. The summed E-state index contributed by atoms with van der Waals surface area (Å²) in [4.78, 5) is 13.2. The fourth-order valence-electron chi connectivity index (χ4n) is 1.76. The van der Waals surface area contributed by atoms with Gasteiger partial charge in [0.15, 0.2) is 0 Å². The summed E-state index contributed by atoms with van der Waals surface area (Å²) in [5, 5.41) is 2.80. The Hall–Kier alpha value is -1.51. The second-order valence-corrected chi connectivity index (χ2v) is 3.82. The fourth-order valence-corrected chi connectivity index (χ4v) is 1.76. The van der Waals surface area contributed by atoms with Gasteiger partial charge in [0, 0.05) is 19.6 Å². The van der Waals surface area contributed by atoms with Crippen molar-refractivity contribution in [2.24, 2.45) is 0 Å². The van der Waals surface area contributed by atoms with Crippen LogP contribution in [0.25, 0.3) is 0 Å². The smallest absolute Gasteiger partial charge is 0.317 e. The van der Waals surface area contributed by atoms with E-state index >= 15 is 0 Å². The van der Waals surface area contributed by atoms with E-state index in [-0.39, 0.29) is 6.03 Å². The van der Waals surface area contributed by atoms with Crippen molar-refractivity contribution in [2.75, 3.05) is 13.1 Å². The lowest BCUT2D eigenvalue weighted by molar-refractivity contribution is 0.215. The van der Waals surface area contributed by atoms with E-state index in [1.807, 2.05) is 4.90 Å². The fraction of sp³-hybridized carbons (Fsp3) is 0.417. The van der Waals surface area contributed by atoms with Gasteiger partial charge in [-0.3, -0.25) is 0 Å². The Bertz CT molecular complexity index is 345. The number of rotatable bonds is 3. The zero-order valence-corrected chi connectivity index (χ0v) is 8.99. The minimum absolute atomic E-state index is 0.0505. The molecule has 0 unspecified atom stereocenters. The topological polar surface area (TPSA) is 32.3 Å². The maximum Gasteiger partial charge on any atom is 0.317 e. The third-order valence-corrected chi connectivity index (χ3v) is 2.75. The number of hydrogen-bond acceptors (Lipinski definition) is 1. The Morgan fingerprint density at radius 2 is 1.93 bits per heavy atom. The molecule has 1 fully saturated rings. The molecule has 2 amide bonds. The molecule has 0 saturated carbocycles. The molecule has 0 radical (unpaired) electrons. The molecule has 1 heterocycles. The Balaban J connectivity index is 2.01. The monoisotopic (exact) mass is 204 g/mol. The number of nitrogens with one attached hydrogen (secondary N) is 1. The average Bonchev–Trinajstić information content (AvgIpc) is 2.66. The maximum absolute atomic E-state index is 11.3. The SMILES string of the molecule is CCc1ccc(CN2CCNC2=O)cc1. The quantitative estimate of drug-likeness (QED) is 0.799. The lowest BCUT2D eigenvalue weighted by atomic mass is 10.1. The summed E-state index contributed by atoms with van der Waals surface area (Å²) >= 11 is 0. The number of benzene rings is 1. The van der Waals surface area contributed by atoms with Gasteiger partial charge >= 0.3 is 6.03 Å². The molecule has 1 aliphatic heterocycles. The van der Waals surface area contributed by atoms with Crippen LogP contribution >= 0.6 is 0 Å². The van der Waals surface area contributed by atoms with Crippen molar-refractivity contribution in [1.29, 1.82) is 0 Å². The molecular weight excluding hydrogens is 188 g/mol. The van der Waals surface area contributed by atoms with E-state index in [1.54, 1.807) is 0 Å². The zero-order valence-electron chi connectivity index (χ0n) is 8.99. The summed E-state index contributed by atoms with van der Waals surface area (Å²) in [6.07, 6.45) is 1.06. The number of amides is 2. The molecule has 1 aromatic rings. The molecule has 1 saturated heterocycles. The highest BCUT2D eigenvalue weighted by Gasteiger charge is 2.18. The first-order chi connectivity index (χ1) is 7.29. The highest BCUT2D eigenvalue weighted by atomic mass is 16.2. The summed E-state index contributed by atoms with van der Waals surface area (Å²) in [5.41, 5.74) is 2.54. The van der Waals surface area contributed by atoms with Crippen molar-refractivity contribution in [3.8, 4) is 0 Å². The Kier molecular flexibility index (Phi) is 2.90. The van der Waals surface area contributed by atoms with Gasteiger partial charge in [0.1, 0.15) is 0 Å². The van der Waals surface area contributed by atoms with Gasteiger partial charge in [0.25, 0.3) is 0 Å². The van der Waals surface area contributed by atoms with Crippen molar-refractivity contribution in [2.45, 2.75) is 19.9 Å². The average molecular weight is 204 g/mol. The zero-order chi connectivity index (χ0) is 10.7. The standard InChI is InChI=1S/C12H16N2O/c1-2-10-3-5-11(6-4-10)9-14-8-7-13-12(14)15/h3-6H,2,7-9H2,1H3,(H,13,15). The van der Waals surface area contributed by atoms with E-state index in [1.165, 1.54) is 11.1 Å². The van der Waals surface area contributed by atoms with Gasteiger partial charge in [-0.25, -0.2) is 4.79 Å². The lowest BCUT2D eigenvalue weighted by Gasteiger charge is -2.14. The van der Waals surface area contributed by atoms with Crippen molar-refractivity contribution < 1.29 is 4.79 Å². The van der Waals surface area contributed by atoms with Gasteiger partial charge in [-0.05, 0) is 17.5 Å². The third kappa shape index (κ3) is 2.29. The molecule has 0 spiro atoms. The molecule has 3 nitrogen and oxygen atoms in total. The molecule has 0 bridgehead atoms. The van der Waals surface area contributed by atoms with Gasteiger partial charge in [0.05, 0.1) is 0 Å². The third-order valence-electron chi connectivity index (χ3n) is 2.75. The van der Waals surface area contributed by atoms with Gasteiger partial charge < -0.3 is 10.2 Å². The van der Waals surface area contributed by atoms with Gasteiger partial charge in [-0.1, -0.05) is 31.2 Å². The van der Waals surface area contributed by atoms with E-state index in [4.69, 9.17) is 0 Å². The van der Waals surface area contributed by atoms with Crippen LogP contribution in [0, 0.1) is 0 Å². The number of nitrogens with zero attached hydrogens (tertiary/aromatic N) is 1. The maximum atomic E-state index is 11.3. The Morgan fingerprint density at radius 3 is 2.47 bits per heavy atom. The number of carbonyl (C=O) groups is 1. The number of hydrogen-bond donors (Lipinski definition) is 1. The van der Waals surface area contributed by atoms with Crippen LogP contribution in [0.2, 0.25) is 0 Å². The van der Waals surface area contributed by atoms with Crippen LogP contribution in [0.3, 0.4) is 0 Å². The van der Waals surface area contributed by atoms with Crippen LogP contribution < -0.4 is 5.32 Å². The van der Waals surface area contributed by atoms with Crippen molar-refractivity contribution in [3.63, 3.8) is 0 Å². The number of carbonyl (C=O) groups excluding carboxylic acids is 1. The molecule has 0 atom stereocenters. The normalized spacial score (nSPS) is 15.5. The summed E-state index contributed by atoms with van der Waals surface area (Å²) in [6.45, 7) is 4.44. The van der Waals surface area contributed by atoms with E-state index in [2.05, 4.69) is 36.5 Å². The first kappa shape index (κ1) is 10.0. The van der Waals surface area contributed by atoms with Crippen molar-refractivity contribution >= 4 is 6.03 Å². The van der Waals surface area contributed by atoms with Crippen LogP contribution in [-0.4, -0.2) is 24.0 Å². The summed E-state index contributed by atoms with van der Waals surface area (Å²) in [5.74, 6) is 0. The van der Waals surface area contributed by atoms with Gasteiger partial charge in [0.2, 0.25) is 0 Å². The van der Waals surface area contributed by atoms with Gasteiger partial charge in [-0.2, -0.15) is 0 Å². The molecule has 1 aliphatic rings. The van der Waals surface area contributed by atoms with Crippen LogP contribution in [0.1, 0.15) is 18.1 Å². The van der Waals surface area contributed by atoms with E-state index in [9.17, 15) is 4.79 Å². The first-order valence-electron chi connectivity index (χ1n) is 5.40. The van der Waals surface area contributed by atoms with E-state index < -0.39 is 0 Å². The summed E-state index contributed by atoms with van der Waals surface area (Å²) in [7, 11) is 0. The summed E-state index contributed by atoms with van der Waals surface area (Å²) in [6, 6.07) is 8.51. The highest BCUT2D eigenvalue weighted by molar-refractivity contribution is 5.76. The minimum atomic E-state index is 0.0505. The summed E-state index contributed by atoms with van der Waals surface area (Å²) < 4.78 is 0. The molecule has 80 valence electrons. The first-order valence-corrected chi connectivity index (χ1v) is 5.40. The second-order valence-electron chi connectivity index (χ2n) is 3.82. The van der Waals surface area contributed by atoms with Crippen LogP contribution in [-0.2, 0) is 13.0 Å². The van der Waals surface area contributed by atoms with E-state index in [0.29, 0.717) is 0 Å². The Labute approximate surface area is 90.1 Å². The van der Waals surface area contributed by atoms with Crippen LogP contribution in [0.5, 0.6) is 0 Å². The largest absolute Gasteiger partial charge is 0.336 e. The lowest BCUT2D eigenvalue weighted by Crippen LogP contribution is -2.27. The molecule has 2 rings (SSSR count). The number of aryl methyl sites for hydroxylation is 1. The predicted molar refractivity (Wildman–Crippen MR) is 59.6 cm³/mol. The van der Waals surface area contributed by atoms with Crippen LogP contribution in [0.4, 0.5) is 4.79 Å². The molecule has 15 heavy (non-hydrogen) atoms. The molecular formula is C12H16N2O.